The molecular formula is C14H28N2. The smallest absolute Gasteiger partial charge is 0.0307 e. The van der Waals surface area contributed by atoms with E-state index in [0.29, 0.717) is 11.6 Å². The van der Waals surface area contributed by atoms with Gasteiger partial charge in [0.15, 0.2) is 0 Å². The van der Waals surface area contributed by atoms with Gasteiger partial charge in [0.2, 0.25) is 0 Å². The standard InChI is InChI=1S/C14H28N2/c1-6-8-16-10-13(9-12(3)4)15-11-14(16,5)7-2/h6,12-13,15H,1,7-11H2,2-5H3. The molecule has 16 heavy (non-hydrogen) atoms. The van der Waals surface area contributed by atoms with Crippen molar-refractivity contribution in [1.82, 2.24) is 10.2 Å². The number of nitrogens with zero attached hydrogens (tertiary/aromatic N) is 1. The lowest BCUT2D eigenvalue weighted by Gasteiger charge is -2.48. The molecule has 94 valence electrons. The van der Waals surface area contributed by atoms with Gasteiger partial charge < -0.3 is 5.32 Å². The van der Waals surface area contributed by atoms with Crippen LogP contribution >= 0.6 is 0 Å². The second-order valence-electron chi connectivity index (χ2n) is 5.75. The van der Waals surface area contributed by atoms with Crippen molar-refractivity contribution in [2.24, 2.45) is 5.92 Å². The molecule has 0 bridgehead atoms. The van der Waals surface area contributed by atoms with Gasteiger partial charge >= 0.3 is 0 Å². The zero-order chi connectivity index (χ0) is 12.2. The van der Waals surface area contributed by atoms with E-state index in [2.05, 4.69) is 44.5 Å². The summed E-state index contributed by atoms with van der Waals surface area (Å²) in [5, 5.41) is 3.70. The molecule has 0 amide bonds. The summed E-state index contributed by atoms with van der Waals surface area (Å²) >= 11 is 0. The van der Waals surface area contributed by atoms with Gasteiger partial charge in [-0.15, -0.1) is 6.58 Å². The molecule has 0 spiro atoms. The zero-order valence-electron chi connectivity index (χ0n) is 11.4. The van der Waals surface area contributed by atoms with Crippen LogP contribution in [0.1, 0.15) is 40.5 Å². The lowest BCUT2D eigenvalue weighted by molar-refractivity contribution is 0.0556. The van der Waals surface area contributed by atoms with Crippen LogP contribution in [0.15, 0.2) is 12.7 Å². The third-order valence-electron chi connectivity index (χ3n) is 3.84. The van der Waals surface area contributed by atoms with Crippen molar-refractivity contribution in [2.45, 2.75) is 52.1 Å². The Hall–Kier alpha value is -0.340. The second-order valence-corrected chi connectivity index (χ2v) is 5.75. The summed E-state index contributed by atoms with van der Waals surface area (Å²) in [6, 6.07) is 0.652. The van der Waals surface area contributed by atoms with E-state index in [1.807, 2.05) is 6.08 Å². The molecule has 0 aromatic rings. The minimum absolute atomic E-state index is 0.307. The number of nitrogens with one attached hydrogen (secondary N) is 1. The van der Waals surface area contributed by atoms with Gasteiger partial charge in [0.25, 0.3) is 0 Å². The predicted octanol–water partition coefficient (Wildman–Crippen LogP) is 2.66. The van der Waals surface area contributed by atoms with Crippen molar-refractivity contribution in [3.63, 3.8) is 0 Å². The first-order valence-corrected chi connectivity index (χ1v) is 6.61. The Morgan fingerprint density at radius 1 is 1.56 bits per heavy atom. The molecule has 0 aromatic carbocycles. The van der Waals surface area contributed by atoms with Crippen molar-refractivity contribution in [3.8, 4) is 0 Å². The van der Waals surface area contributed by atoms with Crippen LogP contribution in [0.4, 0.5) is 0 Å². The van der Waals surface area contributed by atoms with Gasteiger partial charge in [-0.25, -0.2) is 0 Å². The maximum atomic E-state index is 3.88. The van der Waals surface area contributed by atoms with Crippen molar-refractivity contribution >= 4 is 0 Å². The van der Waals surface area contributed by atoms with Gasteiger partial charge in [-0.3, -0.25) is 4.90 Å². The molecule has 1 rings (SSSR count). The first-order valence-electron chi connectivity index (χ1n) is 6.61. The minimum atomic E-state index is 0.307. The van der Waals surface area contributed by atoms with Gasteiger partial charge in [-0.05, 0) is 25.7 Å². The van der Waals surface area contributed by atoms with E-state index in [4.69, 9.17) is 0 Å². The second kappa shape index (κ2) is 5.83. The normalized spacial score (nSPS) is 31.9. The molecule has 0 saturated carbocycles. The molecule has 2 unspecified atom stereocenters. The molecule has 1 fully saturated rings. The molecule has 2 heteroatoms. The summed E-state index contributed by atoms with van der Waals surface area (Å²) in [6.45, 7) is 16.4. The average Bonchev–Trinajstić information content (AvgIpc) is 2.23. The fraction of sp³-hybridized carbons (Fsp3) is 0.857. The lowest BCUT2D eigenvalue weighted by Crippen LogP contribution is -2.63. The molecule has 1 N–H and O–H groups in total. The molecule has 0 aliphatic carbocycles. The number of piperazine rings is 1. The Balaban J connectivity index is 2.61. The van der Waals surface area contributed by atoms with Crippen molar-refractivity contribution < 1.29 is 0 Å². The van der Waals surface area contributed by atoms with Gasteiger partial charge in [-0.1, -0.05) is 26.8 Å². The van der Waals surface area contributed by atoms with Crippen LogP contribution < -0.4 is 5.32 Å². The molecular weight excluding hydrogens is 196 g/mol. The monoisotopic (exact) mass is 224 g/mol. The quantitative estimate of drug-likeness (QED) is 0.722. The highest BCUT2D eigenvalue weighted by atomic mass is 15.3. The maximum Gasteiger partial charge on any atom is 0.0307 e. The summed E-state index contributed by atoms with van der Waals surface area (Å²) in [7, 11) is 0. The molecule has 1 aliphatic rings. The summed E-state index contributed by atoms with van der Waals surface area (Å²) in [6.07, 6.45) is 4.50. The van der Waals surface area contributed by atoms with Gasteiger partial charge in [-0.2, -0.15) is 0 Å². The highest BCUT2D eigenvalue weighted by Crippen LogP contribution is 2.24. The molecule has 0 aromatic heterocycles. The van der Waals surface area contributed by atoms with Gasteiger partial charge in [0.1, 0.15) is 0 Å². The van der Waals surface area contributed by atoms with Crippen LogP contribution in [0.5, 0.6) is 0 Å². The minimum Gasteiger partial charge on any atom is -0.311 e. The third kappa shape index (κ3) is 3.33. The van der Waals surface area contributed by atoms with Gasteiger partial charge in [0, 0.05) is 31.2 Å². The summed E-state index contributed by atoms with van der Waals surface area (Å²) in [5.41, 5.74) is 0.307. The van der Waals surface area contributed by atoms with E-state index in [-0.39, 0.29) is 0 Å². The SMILES string of the molecule is C=CCN1CC(CC(C)C)NCC1(C)CC. The molecule has 1 heterocycles. The zero-order valence-corrected chi connectivity index (χ0v) is 11.4. The molecule has 0 radical (unpaired) electrons. The first-order chi connectivity index (χ1) is 7.51. The fourth-order valence-corrected chi connectivity index (χ4v) is 2.55. The van der Waals surface area contributed by atoms with E-state index < -0.39 is 0 Å². The Morgan fingerprint density at radius 2 is 2.25 bits per heavy atom. The van der Waals surface area contributed by atoms with E-state index in [1.54, 1.807) is 0 Å². The average molecular weight is 224 g/mol. The third-order valence-corrected chi connectivity index (χ3v) is 3.84. The Labute approximate surface area is 101 Å². The van der Waals surface area contributed by atoms with E-state index >= 15 is 0 Å². The highest BCUT2D eigenvalue weighted by molar-refractivity contribution is 4.97. The summed E-state index contributed by atoms with van der Waals surface area (Å²) < 4.78 is 0. The Bertz CT molecular complexity index is 225. The predicted molar refractivity (Wildman–Crippen MR) is 71.7 cm³/mol. The van der Waals surface area contributed by atoms with Crippen molar-refractivity contribution in [2.75, 3.05) is 19.6 Å². The molecule has 2 atom stereocenters. The van der Waals surface area contributed by atoms with Crippen LogP contribution in [0.25, 0.3) is 0 Å². The molecule has 1 saturated heterocycles. The van der Waals surface area contributed by atoms with E-state index in [9.17, 15) is 0 Å². The van der Waals surface area contributed by atoms with Crippen LogP contribution in [-0.2, 0) is 0 Å². The number of rotatable bonds is 5. The van der Waals surface area contributed by atoms with Crippen LogP contribution in [0.2, 0.25) is 0 Å². The highest BCUT2D eigenvalue weighted by Gasteiger charge is 2.35. The van der Waals surface area contributed by atoms with Crippen molar-refractivity contribution in [3.05, 3.63) is 12.7 Å². The maximum absolute atomic E-state index is 3.88. The van der Waals surface area contributed by atoms with Crippen molar-refractivity contribution in [1.29, 1.82) is 0 Å². The number of hydrogen-bond donors (Lipinski definition) is 1. The fourth-order valence-electron chi connectivity index (χ4n) is 2.55. The molecule has 1 aliphatic heterocycles. The van der Waals surface area contributed by atoms with Crippen LogP contribution in [-0.4, -0.2) is 36.1 Å². The first kappa shape index (κ1) is 13.7. The van der Waals surface area contributed by atoms with Crippen LogP contribution in [0, 0.1) is 5.92 Å². The van der Waals surface area contributed by atoms with E-state index in [0.717, 1.165) is 25.6 Å². The largest absolute Gasteiger partial charge is 0.311 e. The van der Waals surface area contributed by atoms with E-state index in [1.165, 1.54) is 12.8 Å². The lowest BCUT2D eigenvalue weighted by atomic mass is 9.90. The summed E-state index contributed by atoms with van der Waals surface area (Å²) in [5.74, 6) is 0.772. The topological polar surface area (TPSA) is 15.3 Å². The van der Waals surface area contributed by atoms with Gasteiger partial charge in [0.05, 0.1) is 0 Å². The van der Waals surface area contributed by atoms with Crippen LogP contribution in [0.3, 0.4) is 0 Å². The molecule has 2 nitrogen and oxygen atoms in total. The Kier molecular flexibility index (Phi) is 5.00. The number of hydrogen-bond acceptors (Lipinski definition) is 2. The Morgan fingerprint density at radius 3 is 2.75 bits per heavy atom. The summed E-state index contributed by atoms with van der Waals surface area (Å²) in [4.78, 5) is 2.59.